The largest absolute Gasteiger partial charge is 0.455 e. The van der Waals surface area contributed by atoms with Gasteiger partial charge in [0.25, 0.3) is 0 Å². The quantitative estimate of drug-likeness (QED) is 0.656. The molecule has 7 nitrogen and oxygen atoms in total. The summed E-state index contributed by atoms with van der Waals surface area (Å²) in [6, 6.07) is 5.08. The van der Waals surface area contributed by atoms with Crippen molar-refractivity contribution < 1.29 is 9.53 Å². The Balaban J connectivity index is 2.04. The number of aryl methyl sites for hydroxylation is 1. The van der Waals surface area contributed by atoms with Crippen molar-refractivity contribution in [3.8, 4) is 0 Å². The molecule has 0 aliphatic rings. The summed E-state index contributed by atoms with van der Waals surface area (Å²) >= 11 is 0. The lowest BCUT2D eigenvalue weighted by atomic mass is 10.1. The summed E-state index contributed by atoms with van der Waals surface area (Å²) in [6.07, 6.45) is 1.69. The molecule has 2 rings (SSSR count). The average molecular weight is 275 g/mol. The lowest BCUT2D eigenvalue weighted by molar-refractivity contribution is 0.0467. The highest BCUT2D eigenvalue weighted by Gasteiger charge is 2.11. The number of nitrogens with zero attached hydrogens (tertiary/aromatic N) is 4. The Kier molecular flexibility index (Phi) is 3.88. The fourth-order valence-corrected chi connectivity index (χ4v) is 1.77. The third-order valence-electron chi connectivity index (χ3n) is 2.75. The number of carbonyl (C=O) groups excluding carboxylic acids is 1. The molecule has 1 heterocycles. The van der Waals surface area contributed by atoms with Gasteiger partial charge in [0, 0.05) is 21.1 Å². The van der Waals surface area contributed by atoms with Gasteiger partial charge in [0.2, 0.25) is 0 Å². The van der Waals surface area contributed by atoms with E-state index in [1.54, 1.807) is 36.1 Å². The second-order valence-electron chi connectivity index (χ2n) is 4.63. The molecule has 0 saturated heterocycles. The van der Waals surface area contributed by atoms with Crippen molar-refractivity contribution in [3.05, 3.63) is 35.7 Å². The van der Waals surface area contributed by atoms with Crippen LogP contribution in [0.5, 0.6) is 0 Å². The van der Waals surface area contributed by atoms with Crippen LogP contribution in [-0.4, -0.2) is 35.1 Å². The maximum atomic E-state index is 11.9. The van der Waals surface area contributed by atoms with Crippen molar-refractivity contribution in [2.45, 2.75) is 6.61 Å². The van der Waals surface area contributed by atoms with Gasteiger partial charge >= 0.3 is 5.97 Å². The van der Waals surface area contributed by atoms with Gasteiger partial charge in [0.1, 0.15) is 12.3 Å². The molecule has 0 aliphatic carbocycles. The van der Waals surface area contributed by atoms with E-state index in [4.69, 9.17) is 10.5 Å². The Labute approximate surface area is 116 Å². The van der Waals surface area contributed by atoms with Gasteiger partial charge in [-0.25, -0.2) is 4.79 Å². The molecule has 106 valence electrons. The monoisotopic (exact) mass is 275 g/mol. The first-order valence-electron chi connectivity index (χ1n) is 6.06. The summed E-state index contributed by atoms with van der Waals surface area (Å²) in [7, 11) is 5.52. The summed E-state index contributed by atoms with van der Waals surface area (Å²) in [6.45, 7) is 0.0853. The van der Waals surface area contributed by atoms with Crippen molar-refractivity contribution in [1.29, 1.82) is 0 Å². The van der Waals surface area contributed by atoms with Gasteiger partial charge in [-0.05, 0) is 18.2 Å². The van der Waals surface area contributed by atoms with Crippen LogP contribution in [0.1, 0.15) is 16.1 Å². The molecule has 0 aliphatic heterocycles. The maximum Gasteiger partial charge on any atom is 0.338 e. The Morgan fingerprint density at radius 1 is 1.45 bits per heavy atom. The fraction of sp³-hybridized carbons (Fsp3) is 0.308. The molecular weight excluding hydrogens is 258 g/mol. The van der Waals surface area contributed by atoms with Gasteiger partial charge < -0.3 is 15.4 Å². The topological polar surface area (TPSA) is 86.3 Å². The molecular formula is C13H17N5O2. The van der Waals surface area contributed by atoms with Gasteiger partial charge in [-0.3, -0.25) is 4.68 Å². The highest BCUT2D eigenvalue weighted by atomic mass is 16.5. The van der Waals surface area contributed by atoms with Crippen molar-refractivity contribution in [2.75, 3.05) is 24.7 Å². The minimum absolute atomic E-state index is 0.0853. The molecule has 0 unspecified atom stereocenters. The van der Waals surface area contributed by atoms with Crippen molar-refractivity contribution >= 4 is 17.3 Å². The smallest absolute Gasteiger partial charge is 0.338 e. The summed E-state index contributed by atoms with van der Waals surface area (Å²) in [5.74, 6) is -0.437. The van der Waals surface area contributed by atoms with Gasteiger partial charge in [-0.1, -0.05) is 5.21 Å². The van der Waals surface area contributed by atoms with Crippen molar-refractivity contribution in [3.63, 3.8) is 0 Å². The van der Waals surface area contributed by atoms with E-state index in [0.717, 1.165) is 5.69 Å². The number of benzene rings is 1. The van der Waals surface area contributed by atoms with E-state index in [-0.39, 0.29) is 6.61 Å². The number of aromatic nitrogens is 3. The average Bonchev–Trinajstić information content (AvgIpc) is 2.81. The first-order valence-corrected chi connectivity index (χ1v) is 6.06. The molecule has 2 aromatic rings. The summed E-state index contributed by atoms with van der Waals surface area (Å²) < 4.78 is 6.71. The molecule has 0 spiro atoms. The molecule has 0 atom stereocenters. The third-order valence-corrected chi connectivity index (χ3v) is 2.75. The molecule has 20 heavy (non-hydrogen) atoms. The van der Waals surface area contributed by atoms with E-state index < -0.39 is 5.97 Å². The second-order valence-corrected chi connectivity index (χ2v) is 4.63. The van der Waals surface area contributed by atoms with Crippen LogP contribution in [0, 0.1) is 0 Å². The molecule has 2 N–H and O–H groups in total. The standard InChI is InChI=1S/C13H17N5O2/c1-17(2)12-5-4-9(6-11(12)14)13(19)20-8-10-7-18(3)16-15-10/h4-7H,8,14H2,1-3H3. The number of carbonyl (C=O) groups is 1. The maximum absolute atomic E-state index is 11.9. The Bertz CT molecular complexity index is 621. The molecule has 0 radical (unpaired) electrons. The van der Waals surface area contributed by atoms with Crippen LogP contribution in [0.15, 0.2) is 24.4 Å². The highest BCUT2D eigenvalue weighted by Crippen LogP contribution is 2.22. The van der Waals surface area contributed by atoms with E-state index in [9.17, 15) is 4.79 Å². The zero-order valence-electron chi connectivity index (χ0n) is 11.7. The van der Waals surface area contributed by atoms with Crippen LogP contribution in [0.25, 0.3) is 0 Å². The lowest BCUT2D eigenvalue weighted by Crippen LogP contribution is -2.12. The van der Waals surface area contributed by atoms with Crippen molar-refractivity contribution in [2.24, 2.45) is 7.05 Å². The number of nitrogens with two attached hydrogens (primary N) is 1. The SMILES string of the molecule is CN(C)c1ccc(C(=O)OCc2cn(C)nn2)cc1N. The van der Waals surface area contributed by atoms with E-state index in [1.807, 2.05) is 19.0 Å². The first kappa shape index (κ1) is 13.9. The van der Waals surface area contributed by atoms with Crippen LogP contribution in [0.2, 0.25) is 0 Å². The Morgan fingerprint density at radius 2 is 2.20 bits per heavy atom. The van der Waals surface area contributed by atoms with E-state index in [2.05, 4.69) is 10.3 Å². The number of anilines is 2. The van der Waals surface area contributed by atoms with Crippen LogP contribution in [0.3, 0.4) is 0 Å². The Hall–Kier alpha value is -2.57. The van der Waals surface area contributed by atoms with Crippen molar-refractivity contribution in [1.82, 2.24) is 15.0 Å². The fourth-order valence-electron chi connectivity index (χ4n) is 1.77. The second kappa shape index (κ2) is 5.60. The number of ether oxygens (including phenoxy) is 1. The molecule has 0 bridgehead atoms. The number of esters is 1. The van der Waals surface area contributed by atoms with Gasteiger partial charge in [-0.15, -0.1) is 5.10 Å². The van der Waals surface area contributed by atoms with E-state index in [0.29, 0.717) is 16.9 Å². The molecule has 1 aromatic heterocycles. The molecule has 0 saturated carbocycles. The van der Waals surface area contributed by atoms with Crippen LogP contribution < -0.4 is 10.6 Å². The van der Waals surface area contributed by atoms with Crippen LogP contribution >= 0.6 is 0 Å². The summed E-state index contributed by atoms with van der Waals surface area (Å²) in [5.41, 5.74) is 8.29. The Morgan fingerprint density at radius 3 is 2.75 bits per heavy atom. The predicted octanol–water partition coefficient (Wildman–Crippen LogP) is 0.820. The summed E-state index contributed by atoms with van der Waals surface area (Å²) in [5, 5.41) is 7.60. The van der Waals surface area contributed by atoms with Crippen LogP contribution in [-0.2, 0) is 18.4 Å². The van der Waals surface area contributed by atoms with Gasteiger partial charge in [-0.2, -0.15) is 0 Å². The first-order chi connectivity index (χ1) is 9.47. The lowest BCUT2D eigenvalue weighted by Gasteiger charge is -2.15. The normalized spacial score (nSPS) is 10.3. The molecule has 0 fully saturated rings. The zero-order valence-corrected chi connectivity index (χ0v) is 11.7. The van der Waals surface area contributed by atoms with E-state index in [1.165, 1.54) is 0 Å². The van der Waals surface area contributed by atoms with Crippen LogP contribution in [0.4, 0.5) is 11.4 Å². The summed E-state index contributed by atoms with van der Waals surface area (Å²) in [4.78, 5) is 13.8. The predicted molar refractivity (Wildman–Crippen MR) is 75.3 cm³/mol. The van der Waals surface area contributed by atoms with E-state index >= 15 is 0 Å². The molecule has 0 amide bonds. The molecule has 1 aromatic carbocycles. The zero-order chi connectivity index (χ0) is 14.7. The minimum atomic E-state index is -0.437. The van der Waals surface area contributed by atoms with Gasteiger partial charge in [0.05, 0.1) is 23.1 Å². The number of hydrogen-bond acceptors (Lipinski definition) is 6. The number of nitrogen functional groups attached to an aromatic ring is 1. The highest BCUT2D eigenvalue weighted by molar-refractivity contribution is 5.92. The minimum Gasteiger partial charge on any atom is -0.455 e. The molecule has 7 heteroatoms. The number of rotatable bonds is 4. The third kappa shape index (κ3) is 3.05. The number of hydrogen-bond donors (Lipinski definition) is 1. The van der Waals surface area contributed by atoms with Gasteiger partial charge in [0.15, 0.2) is 0 Å².